The van der Waals surface area contributed by atoms with E-state index in [2.05, 4.69) is 22.1 Å². The van der Waals surface area contributed by atoms with Gasteiger partial charge in [-0.15, -0.1) is 15.0 Å². The Kier molecular flexibility index (Phi) is 8.16. The van der Waals surface area contributed by atoms with Crippen molar-refractivity contribution in [3.8, 4) is 11.4 Å². The monoisotopic (exact) mass is 530 g/mol. The van der Waals surface area contributed by atoms with Crippen molar-refractivity contribution in [3.05, 3.63) is 90.0 Å². The van der Waals surface area contributed by atoms with Crippen molar-refractivity contribution >= 4 is 39.6 Å². The third-order valence-corrected chi connectivity index (χ3v) is 6.75. The Bertz CT molecular complexity index is 1460. The van der Waals surface area contributed by atoms with Crippen molar-refractivity contribution in [2.75, 3.05) is 12.4 Å². The fourth-order valence-corrected chi connectivity index (χ4v) is 4.50. The summed E-state index contributed by atoms with van der Waals surface area (Å²) in [6, 6.07) is 20.4. The number of nitrogens with zero attached hydrogens (tertiary/aromatic N) is 3. The van der Waals surface area contributed by atoms with E-state index in [4.69, 9.17) is 4.74 Å². The summed E-state index contributed by atoms with van der Waals surface area (Å²) in [5.74, 6) is -0.535. The van der Waals surface area contributed by atoms with Crippen LogP contribution in [0.3, 0.4) is 0 Å². The molecule has 0 unspecified atom stereocenters. The van der Waals surface area contributed by atoms with Crippen LogP contribution in [0.25, 0.3) is 22.3 Å². The fraction of sp³-hybridized carbons (Fsp3) is 0.241. The van der Waals surface area contributed by atoms with Gasteiger partial charge in [0.15, 0.2) is 0 Å². The molecule has 0 radical (unpaired) electrons. The standard InChI is InChI=1S/C29H30N4O4S/c1-19(2)21-8-7-9-22(17-21)29(3,4)30-28(36)38-18-27(35)37-15-14-20-12-13-26(34)25(16-20)33-31-23-10-5-6-11-24(23)32-33/h5-13,16-17,34H,1,14-15,18H2,2-4H3,(H,30,36). The molecule has 0 bridgehead atoms. The molecule has 4 aromatic rings. The Morgan fingerprint density at radius 2 is 1.76 bits per heavy atom. The first-order valence-electron chi connectivity index (χ1n) is 12.1. The van der Waals surface area contributed by atoms with Crippen molar-refractivity contribution in [2.24, 2.45) is 0 Å². The third-order valence-electron chi connectivity index (χ3n) is 6.01. The van der Waals surface area contributed by atoms with Crippen molar-refractivity contribution in [3.63, 3.8) is 0 Å². The number of hydrogen-bond acceptors (Lipinski definition) is 7. The van der Waals surface area contributed by atoms with E-state index in [-0.39, 0.29) is 23.3 Å². The number of allylic oxidation sites excluding steroid dienone is 1. The summed E-state index contributed by atoms with van der Waals surface area (Å²) >= 11 is 0.871. The van der Waals surface area contributed by atoms with Crippen LogP contribution in [0, 0.1) is 0 Å². The molecule has 9 heteroatoms. The van der Waals surface area contributed by atoms with Gasteiger partial charge in [0, 0.05) is 6.42 Å². The quantitative estimate of drug-likeness (QED) is 0.270. The molecule has 38 heavy (non-hydrogen) atoms. The first kappa shape index (κ1) is 26.9. The first-order chi connectivity index (χ1) is 18.1. The van der Waals surface area contributed by atoms with Crippen molar-refractivity contribution in [2.45, 2.75) is 32.7 Å². The number of thioether (sulfide) groups is 1. The van der Waals surface area contributed by atoms with Gasteiger partial charge in [0.05, 0.1) is 12.1 Å². The highest BCUT2D eigenvalue weighted by Gasteiger charge is 2.24. The number of ether oxygens (including phenoxy) is 1. The first-order valence-corrected chi connectivity index (χ1v) is 13.1. The molecule has 3 aromatic carbocycles. The van der Waals surface area contributed by atoms with Crippen molar-refractivity contribution in [1.29, 1.82) is 0 Å². The van der Waals surface area contributed by atoms with E-state index < -0.39 is 11.5 Å². The maximum Gasteiger partial charge on any atom is 0.316 e. The Labute approximate surface area is 225 Å². The summed E-state index contributed by atoms with van der Waals surface area (Å²) in [4.78, 5) is 26.1. The summed E-state index contributed by atoms with van der Waals surface area (Å²) in [6.07, 6.45) is 0.433. The SMILES string of the molecule is C=C(C)c1cccc(C(C)(C)NC(=O)SCC(=O)OCCc2ccc(O)c(-n3nc4ccccc4n3)c2)c1. The van der Waals surface area contributed by atoms with E-state index in [0.717, 1.165) is 45.1 Å². The summed E-state index contributed by atoms with van der Waals surface area (Å²) in [5.41, 5.74) is 5.00. The Morgan fingerprint density at radius 1 is 1.05 bits per heavy atom. The summed E-state index contributed by atoms with van der Waals surface area (Å²) in [5, 5.41) is 21.8. The number of fused-ring (bicyclic) bond motifs is 1. The second kappa shape index (κ2) is 11.5. The lowest BCUT2D eigenvalue weighted by molar-refractivity contribution is -0.140. The number of benzene rings is 3. The molecule has 1 aromatic heterocycles. The zero-order valence-corrected chi connectivity index (χ0v) is 22.4. The van der Waals surface area contributed by atoms with Gasteiger partial charge < -0.3 is 15.2 Å². The number of rotatable bonds is 9. The van der Waals surface area contributed by atoms with E-state index in [0.29, 0.717) is 12.1 Å². The number of carbonyl (C=O) groups is 2. The lowest BCUT2D eigenvalue weighted by atomic mass is 9.92. The molecule has 4 rings (SSSR count). The van der Waals surface area contributed by atoms with Crippen LogP contribution in [-0.4, -0.2) is 43.7 Å². The molecule has 196 valence electrons. The molecule has 0 saturated carbocycles. The molecule has 0 aliphatic heterocycles. The van der Waals surface area contributed by atoms with Crippen LogP contribution < -0.4 is 5.32 Å². The van der Waals surface area contributed by atoms with Gasteiger partial charge in [-0.3, -0.25) is 9.59 Å². The van der Waals surface area contributed by atoms with Gasteiger partial charge >= 0.3 is 5.97 Å². The minimum Gasteiger partial charge on any atom is -0.506 e. The molecular weight excluding hydrogens is 500 g/mol. The smallest absolute Gasteiger partial charge is 0.316 e. The number of phenols is 1. The molecule has 0 fully saturated rings. The normalized spacial score (nSPS) is 11.3. The number of amides is 1. The molecule has 0 spiro atoms. The van der Waals surface area contributed by atoms with Crippen LogP contribution in [0.2, 0.25) is 0 Å². The zero-order valence-electron chi connectivity index (χ0n) is 21.6. The maximum absolute atomic E-state index is 12.5. The third kappa shape index (κ3) is 6.60. The highest BCUT2D eigenvalue weighted by atomic mass is 32.2. The Balaban J connectivity index is 1.26. The number of phenolic OH excluding ortho intramolecular Hbond substituents is 1. The Hall–Kier alpha value is -4.11. The van der Waals surface area contributed by atoms with Crippen LogP contribution in [-0.2, 0) is 21.5 Å². The van der Waals surface area contributed by atoms with Gasteiger partial charge in [-0.25, -0.2) is 0 Å². The minimum absolute atomic E-state index is 0.0442. The number of hydrogen-bond donors (Lipinski definition) is 2. The van der Waals surface area contributed by atoms with Crippen LogP contribution in [0.1, 0.15) is 37.5 Å². The zero-order chi connectivity index (χ0) is 27.3. The summed E-state index contributed by atoms with van der Waals surface area (Å²) in [7, 11) is 0. The van der Waals surface area contributed by atoms with E-state index in [9.17, 15) is 14.7 Å². The minimum atomic E-state index is -0.620. The number of carbonyl (C=O) groups excluding carboxylic acids is 2. The average Bonchev–Trinajstić information content (AvgIpc) is 3.32. The second-order valence-electron chi connectivity index (χ2n) is 9.46. The van der Waals surface area contributed by atoms with Gasteiger partial charge in [0.2, 0.25) is 0 Å². The predicted molar refractivity (Wildman–Crippen MR) is 150 cm³/mol. The number of aromatic nitrogens is 3. The van der Waals surface area contributed by atoms with Crippen LogP contribution >= 0.6 is 11.8 Å². The summed E-state index contributed by atoms with van der Waals surface area (Å²) in [6.45, 7) is 9.87. The van der Waals surface area contributed by atoms with Crippen LogP contribution in [0.4, 0.5) is 4.79 Å². The predicted octanol–water partition coefficient (Wildman–Crippen LogP) is 5.62. The molecule has 2 N–H and O–H groups in total. The topological polar surface area (TPSA) is 106 Å². The van der Waals surface area contributed by atoms with E-state index in [1.54, 1.807) is 18.2 Å². The summed E-state index contributed by atoms with van der Waals surface area (Å²) < 4.78 is 5.33. The maximum atomic E-state index is 12.5. The molecular formula is C29H30N4O4S. The van der Waals surface area contributed by atoms with Crippen LogP contribution in [0.15, 0.2) is 73.3 Å². The average molecular weight is 531 g/mol. The lowest BCUT2D eigenvalue weighted by Gasteiger charge is -2.27. The lowest BCUT2D eigenvalue weighted by Crippen LogP contribution is -2.39. The largest absolute Gasteiger partial charge is 0.506 e. The van der Waals surface area contributed by atoms with Crippen molar-refractivity contribution in [1.82, 2.24) is 20.3 Å². The molecule has 0 aliphatic rings. The molecule has 0 atom stereocenters. The van der Waals surface area contributed by atoms with Crippen LogP contribution in [0.5, 0.6) is 5.75 Å². The molecule has 0 saturated heterocycles. The molecule has 1 heterocycles. The highest BCUT2D eigenvalue weighted by molar-refractivity contribution is 8.14. The fourth-order valence-electron chi connectivity index (χ4n) is 3.84. The molecule has 8 nitrogen and oxygen atoms in total. The van der Waals surface area contributed by atoms with Gasteiger partial charge in [0.25, 0.3) is 5.24 Å². The van der Waals surface area contributed by atoms with E-state index >= 15 is 0 Å². The molecule has 0 aliphatic carbocycles. The number of nitrogens with one attached hydrogen (secondary N) is 1. The van der Waals surface area contributed by atoms with Gasteiger partial charge in [0.1, 0.15) is 28.2 Å². The van der Waals surface area contributed by atoms with E-state index in [1.165, 1.54) is 4.80 Å². The second-order valence-corrected chi connectivity index (χ2v) is 10.4. The number of aromatic hydroxyl groups is 1. The van der Waals surface area contributed by atoms with E-state index in [1.807, 2.05) is 69.3 Å². The van der Waals surface area contributed by atoms with Gasteiger partial charge in [-0.2, -0.15) is 0 Å². The highest BCUT2D eigenvalue weighted by Crippen LogP contribution is 2.25. The van der Waals surface area contributed by atoms with Gasteiger partial charge in [-0.05, 0) is 67.8 Å². The number of esters is 1. The Morgan fingerprint density at radius 3 is 2.45 bits per heavy atom. The van der Waals surface area contributed by atoms with Crippen molar-refractivity contribution < 1.29 is 19.4 Å². The van der Waals surface area contributed by atoms with Gasteiger partial charge in [-0.1, -0.05) is 60.3 Å². The molecule has 1 amide bonds.